The highest BCUT2D eigenvalue weighted by molar-refractivity contribution is 7.18. The van der Waals surface area contributed by atoms with Gasteiger partial charge in [-0.25, -0.2) is 4.98 Å². The number of nitrogens with two attached hydrogens (primary N) is 1. The molecule has 0 spiro atoms. The molecule has 28 heavy (non-hydrogen) atoms. The fraction of sp³-hybridized carbons (Fsp3) is 0.500. The monoisotopic (exact) mass is 395 g/mol. The Kier molecular flexibility index (Phi) is 5.00. The fourth-order valence-electron chi connectivity index (χ4n) is 3.48. The van der Waals surface area contributed by atoms with Crippen LogP contribution in [0.25, 0.3) is 21.6 Å². The van der Waals surface area contributed by atoms with Crippen molar-refractivity contribution in [3.8, 4) is 10.7 Å². The molecule has 3 aromatic rings. The molecule has 1 aromatic carbocycles. The smallest absolute Gasteiger partial charge is 0.206 e. The van der Waals surface area contributed by atoms with Crippen LogP contribution in [0.15, 0.2) is 18.2 Å². The Morgan fingerprint density at radius 3 is 2.64 bits per heavy atom. The molecule has 2 heterocycles. The van der Waals surface area contributed by atoms with Crippen LogP contribution in [0.3, 0.4) is 0 Å². The van der Waals surface area contributed by atoms with Crippen LogP contribution in [0.1, 0.15) is 70.4 Å². The normalized spacial score (nSPS) is 14.6. The maximum Gasteiger partial charge on any atom is 0.206 e. The molecule has 1 aliphatic carbocycles. The lowest BCUT2D eigenvalue weighted by molar-refractivity contribution is 0.594. The highest BCUT2D eigenvalue weighted by atomic mass is 32.1. The van der Waals surface area contributed by atoms with E-state index in [1.807, 2.05) is 6.07 Å². The fourth-order valence-corrected chi connectivity index (χ4v) is 4.21. The number of nitrogens with zero attached hydrogens (tertiary/aromatic N) is 3. The van der Waals surface area contributed by atoms with Crippen molar-refractivity contribution in [1.82, 2.24) is 15.2 Å². The summed E-state index contributed by atoms with van der Waals surface area (Å²) in [6.45, 7) is 9.81. The molecule has 1 aliphatic rings. The molecule has 0 saturated heterocycles. The summed E-state index contributed by atoms with van der Waals surface area (Å²) < 4.78 is 0. The Balaban J connectivity index is 1.78. The average molecular weight is 396 g/mol. The van der Waals surface area contributed by atoms with E-state index in [0.29, 0.717) is 5.92 Å². The van der Waals surface area contributed by atoms with Crippen LogP contribution in [0.5, 0.6) is 0 Å². The number of rotatable bonds is 6. The number of anilines is 2. The zero-order chi connectivity index (χ0) is 19.9. The third-order valence-corrected chi connectivity index (χ3v) is 6.18. The number of unbranched alkanes of at least 4 members (excludes halogenated alkanes) is 1. The SMILES string of the molecule is CCCCNc1nnc(-c2cc(N)c3cc(C4CC4)cc(C(C)(C)C)c3n2)s1. The van der Waals surface area contributed by atoms with Crippen molar-refractivity contribution in [3.05, 3.63) is 29.3 Å². The van der Waals surface area contributed by atoms with Crippen molar-refractivity contribution < 1.29 is 0 Å². The Hall–Kier alpha value is -2.21. The second-order valence-corrected chi connectivity index (χ2v) is 9.76. The van der Waals surface area contributed by atoms with Gasteiger partial charge < -0.3 is 11.1 Å². The second-order valence-electron chi connectivity index (χ2n) is 8.78. The molecule has 0 atom stereocenters. The summed E-state index contributed by atoms with van der Waals surface area (Å²) in [6.07, 6.45) is 4.83. The largest absolute Gasteiger partial charge is 0.398 e. The van der Waals surface area contributed by atoms with Gasteiger partial charge in [0, 0.05) is 17.6 Å². The van der Waals surface area contributed by atoms with Gasteiger partial charge >= 0.3 is 0 Å². The van der Waals surface area contributed by atoms with Crippen LogP contribution < -0.4 is 11.1 Å². The van der Waals surface area contributed by atoms with Gasteiger partial charge in [0.2, 0.25) is 5.13 Å². The number of pyridine rings is 1. The van der Waals surface area contributed by atoms with Crippen molar-refractivity contribution in [2.45, 2.75) is 64.7 Å². The van der Waals surface area contributed by atoms with Crippen molar-refractivity contribution in [2.24, 2.45) is 0 Å². The molecular formula is C22H29N5S. The van der Waals surface area contributed by atoms with Crippen molar-refractivity contribution in [1.29, 1.82) is 0 Å². The maximum absolute atomic E-state index is 6.50. The van der Waals surface area contributed by atoms with E-state index in [9.17, 15) is 0 Å². The Morgan fingerprint density at radius 1 is 1.18 bits per heavy atom. The summed E-state index contributed by atoms with van der Waals surface area (Å²) in [5.41, 5.74) is 11.7. The Labute approximate surface area is 170 Å². The van der Waals surface area contributed by atoms with Crippen LogP contribution in [-0.2, 0) is 5.41 Å². The van der Waals surface area contributed by atoms with E-state index >= 15 is 0 Å². The summed E-state index contributed by atoms with van der Waals surface area (Å²) >= 11 is 1.53. The number of nitrogen functional groups attached to an aromatic ring is 1. The lowest BCUT2D eigenvalue weighted by Gasteiger charge is -2.23. The van der Waals surface area contributed by atoms with E-state index in [4.69, 9.17) is 10.7 Å². The molecule has 5 nitrogen and oxygen atoms in total. The minimum atomic E-state index is -0.00475. The summed E-state index contributed by atoms with van der Waals surface area (Å²) in [6, 6.07) is 6.53. The lowest BCUT2D eigenvalue weighted by Crippen LogP contribution is -2.13. The minimum Gasteiger partial charge on any atom is -0.398 e. The Bertz CT molecular complexity index is 998. The van der Waals surface area contributed by atoms with E-state index in [0.717, 1.165) is 51.8 Å². The van der Waals surface area contributed by atoms with Gasteiger partial charge in [-0.15, -0.1) is 10.2 Å². The van der Waals surface area contributed by atoms with E-state index in [1.165, 1.54) is 35.3 Å². The van der Waals surface area contributed by atoms with Crippen LogP contribution in [0.4, 0.5) is 10.8 Å². The predicted octanol–water partition coefficient (Wildman–Crippen LogP) is 5.72. The number of benzene rings is 1. The summed E-state index contributed by atoms with van der Waals surface area (Å²) in [5.74, 6) is 0.685. The quantitative estimate of drug-likeness (QED) is 0.522. The van der Waals surface area contributed by atoms with Crippen LogP contribution in [0, 0.1) is 0 Å². The van der Waals surface area contributed by atoms with Crippen LogP contribution in [-0.4, -0.2) is 21.7 Å². The third kappa shape index (κ3) is 3.83. The molecule has 0 unspecified atom stereocenters. The first-order chi connectivity index (χ1) is 13.4. The van der Waals surface area contributed by atoms with Crippen molar-refractivity contribution in [2.75, 3.05) is 17.6 Å². The van der Waals surface area contributed by atoms with Crippen molar-refractivity contribution >= 4 is 33.1 Å². The number of nitrogens with one attached hydrogen (secondary N) is 1. The molecule has 1 fully saturated rings. The first-order valence-electron chi connectivity index (χ1n) is 10.2. The molecule has 2 aromatic heterocycles. The minimum absolute atomic E-state index is 0.00475. The molecule has 0 bridgehead atoms. The second kappa shape index (κ2) is 7.32. The summed E-state index contributed by atoms with van der Waals surface area (Å²) in [5, 5.41) is 14.7. The standard InChI is InChI=1S/C22H29N5S/c1-5-6-9-24-21-27-26-20(28-21)18-12-17(23)15-10-14(13-7-8-13)11-16(19(15)25-18)22(2,3)4/h10-13H,5-9H2,1-4H3,(H2,23,25)(H,24,27). The van der Waals surface area contributed by atoms with Gasteiger partial charge in [0.1, 0.15) is 5.69 Å². The molecule has 0 amide bonds. The van der Waals surface area contributed by atoms with E-state index < -0.39 is 0 Å². The van der Waals surface area contributed by atoms with Gasteiger partial charge in [0.15, 0.2) is 5.01 Å². The van der Waals surface area contributed by atoms with Gasteiger partial charge in [-0.3, -0.25) is 0 Å². The molecule has 4 rings (SSSR count). The van der Waals surface area contributed by atoms with E-state index in [1.54, 1.807) is 0 Å². The third-order valence-electron chi connectivity index (χ3n) is 5.28. The number of fused-ring (bicyclic) bond motifs is 1. The zero-order valence-electron chi connectivity index (χ0n) is 17.2. The number of hydrogen-bond acceptors (Lipinski definition) is 6. The van der Waals surface area contributed by atoms with Crippen LogP contribution >= 0.6 is 11.3 Å². The van der Waals surface area contributed by atoms with Gasteiger partial charge in [-0.05, 0) is 53.9 Å². The molecular weight excluding hydrogens is 366 g/mol. The van der Waals surface area contributed by atoms with Crippen molar-refractivity contribution in [3.63, 3.8) is 0 Å². The lowest BCUT2D eigenvalue weighted by atomic mass is 9.83. The average Bonchev–Trinajstić information content (AvgIpc) is 3.39. The molecule has 6 heteroatoms. The Morgan fingerprint density at radius 2 is 1.96 bits per heavy atom. The zero-order valence-corrected chi connectivity index (χ0v) is 18.0. The highest BCUT2D eigenvalue weighted by Crippen LogP contribution is 2.44. The number of hydrogen-bond donors (Lipinski definition) is 2. The van der Waals surface area contributed by atoms with Gasteiger partial charge in [-0.1, -0.05) is 51.5 Å². The summed E-state index contributed by atoms with van der Waals surface area (Å²) in [7, 11) is 0. The maximum atomic E-state index is 6.50. The molecule has 0 radical (unpaired) electrons. The first kappa shape index (κ1) is 19.1. The van der Waals surface area contributed by atoms with Gasteiger partial charge in [0.25, 0.3) is 0 Å². The van der Waals surface area contributed by atoms with E-state index in [2.05, 4.69) is 55.3 Å². The van der Waals surface area contributed by atoms with E-state index in [-0.39, 0.29) is 5.41 Å². The first-order valence-corrected chi connectivity index (χ1v) is 11.0. The molecule has 0 aliphatic heterocycles. The molecule has 3 N–H and O–H groups in total. The molecule has 148 valence electrons. The van der Waals surface area contributed by atoms with Gasteiger partial charge in [0.05, 0.1) is 5.52 Å². The van der Waals surface area contributed by atoms with Gasteiger partial charge in [-0.2, -0.15) is 0 Å². The summed E-state index contributed by atoms with van der Waals surface area (Å²) in [4.78, 5) is 5.00. The highest BCUT2D eigenvalue weighted by Gasteiger charge is 2.28. The predicted molar refractivity (Wildman–Crippen MR) is 119 cm³/mol. The van der Waals surface area contributed by atoms with Crippen LogP contribution in [0.2, 0.25) is 0 Å². The molecule has 1 saturated carbocycles. The topological polar surface area (TPSA) is 76.7 Å². The number of aromatic nitrogens is 3.